The number of hydrogen-bond acceptors (Lipinski definition) is 3. The van der Waals surface area contributed by atoms with E-state index in [4.69, 9.17) is 15.2 Å². The molecule has 1 aromatic rings. The van der Waals surface area contributed by atoms with Crippen LogP contribution in [0.25, 0.3) is 0 Å². The highest BCUT2D eigenvalue weighted by Gasteiger charge is 2.15. The molecule has 74 valence electrons. The van der Waals surface area contributed by atoms with Crippen LogP contribution in [-0.4, -0.2) is 6.79 Å². The molecule has 1 aromatic carbocycles. The third-order valence-electron chi connectivity index (χ3n) is 2.25. The third kappa shape index (κ3) is 1.59. The first kappa shape index (κ1) is 9.09. The molecule has 0 radical (unpaired) electrons. The van der Waals surface area contributed by atoms with Gasteiger partial charge in [-0.25, -0.2) is 0 Å². The van der Waals surface area contributed by atoms with Crippen LogP contribution in [0.15, 0.2) is 30.9 Å². The van der Waals surface area contributed by atoms with E-state index in [1.165, 1.54) is 0 Å². The summed E-state index contributed by atoms with van der Waals surface area (Å²) in [6.07, 6.45) is 2.58. The molecule has 0 aliphatic carbocycles. The lowest BCUT2D eigenvalue weighted by atomic mass is 10.0. The second-order valence-corrected chi connectivity index (χ2v) is 3.24. The first-order valence-electron chi connectivity index (χ1n) is 4.57. The zero-order valence-corrected chi connectivity index (χ0v) is 7.90. The summed E-state index contributed by atoms with van der Waals surface area (Å²) in [6, 6.07) is 5.76. The summed E-state index contributed by atoms with van der Waals surface area (Å²) in [4.78, 5) is 0. The van der Waals surface area contributed by atoms with Gasteiger partial charge in [0.25, 0.3) is 0 Å². The van der Waals surface area contributed by atoms with E-state index in [-0.39, 0.29) is 6.04 Å². The van der Waals surface area contributed by atoms with Gasteiger partial charge in [-0.3, -0.25) is 0 Å². The molecule has 3 heteroatoms. The standard InChI is InChI=1S/C11H13NO2/c1-2-3-9(12)8-4-5-10-11(6-8)14-7-13-10/h2,4-6,9H,1,3,7,12H2. The van der Waals surface area contributed by atoms with Gasteiger partial charge >= 0.3 is 0 Å². The van der Waals surface area contributed by atoms with Crippen LogP contribution in [0.5, 0.6) is 11.5 Å². The first-order chi connectivity index (χ1) is 6.81. The maximum atomic E-state index is 5.93. The van der Waals surface area contributed by atoms with Crippen LogP contribution in [-0.2, 0) is 0 Å². The van der Waals surface area contributed by atoms with E-state index < -0.39 is 0 Å². The minimum atomic E-state index is -0.0120. The Labute approximate surface area is 83.1 Å². The fourth-order valence-electron chi connectivity index (χ4n) is 1.46. The highest BCUT2D eigenvalue weighted by Crippen LogP contribution is 2.34. The summed E-state index contributed by atoms with van der Waals surface area (Å²) in [5.74, 6) is 1.57. The molecule has 0 amide bonds. The molecule has 1 heterocycles. The summed E-state index contributed by atoms with van der Waals surface area (Å²) in [5.41, 5.74) is 6.98. The van der Waals surface area contributed by atoms with Crippen LogP contribution in [0.3, 0.4) is 0 Å². The van der Waals surface area contributed by atoms with Crippen molar-refractivity contribution in [2.24, 2.45) is 5.73 Å². The minimum absolute atomic E-state index is 0.0120. The molecule has 14 heavy (non-hydrogen) atoms. The van der Waals surface area contributed by atoms with E-state index in [1.54, 1.807) is 0 Å². The summed E-state index contributed by atoms with van der Waals surface area (Å²) in [5, 5.41) is 0. The molecule has 2 rings (SSSR count). The van der Waals surface area contributed by atoms with E-state index >= 15 is 0 Å². The van der Waals surface area contributed by atoms with Gasteiger partial charge in [-0.15, -0.1) is 6.58 Å². The van der Waals surface area contributed by atoms with Crippen LogP contribution >= 0.6 is 0 Å². The molecule has 2 N–H and O–H groups in total. The number of benzene rings is 1. The van der Waals surface area contributed by atoms with Crippen molar-refractivity contribution >= 4 is 0 Å². The first-order valence-corrected chi connectivity index (χ1v) is 4.57. The molecule has 0 aromatic heterocycles. The van der Waals surface area contributed by atoms with Gasteiger partial charge in [0.1, 0.15) is 0 Å². The Morgan fingerprint density at radius 3 is 3.00 bits per heavy atom. The zero-order valence-electron chi connectivity index (χ0n) is 7.90. The van der Waals surface area contributed by atoms with Crippen molar-refractivity contribution in [1.29, 1.82) is 0 Å². The van der Waals surface area contributed by atoms with E-state index in [0.717, 1.165) is 23.5 Å². The lowest BCUT2D eigenvalue weighted by Crippen LogP contribution is -2.08. The van der Waals surface area contributed by atoms with E-state index in [2.05, 4.69) is 6.58 Å². The maximum Gasteiger partial charge on any atom is 0.231 e. The molecular formula is C11H13NO2. The molecule has 1 atom stereocenters. The van der Waals surface area contributed by atoms with Gasteiger partial charge in [0.2, 0.25) is 6.79 Å². The normalized spacial score (nSPS) is 15.2. The highest BCUT2D eigenvalue weighted by molar-refractivity contribution is 5.45. The predicted octanol–water partition coefficient (Wildman–Crippen LogP) is 1.99. The molecule has 3 nitrogen and oxygen atoms in total. The molecular weight excluding hydrogens is 178 g/mol. The second-order valence-electron chi connectivity index (χ2n) is 3.24. The van der Waals surface area contributed by atoms with Crippen molar-refractivity contribution in [3.05, 3.63) is 36.4 Å². The van der Waals surface area contributed by atoms with Crippen molar-refractivity contribution < 1.29 is 9.47 Å². The van der Waals surface area contributed by atoms with Gasteiger partial charge in [0.05, 0.1) is 0 Å². The number of fused-ring (bicyclic) bond motifs is 1. The largest absolute Gasteiger partial charge is 0.454 e. The van der Waals surface area contributed by atoms with Gasteiger partial charge < -0.3 is 15.2 Å². The monoisotopic (exact) mass is 191 g/mol. The van der Waals surface area contributed by atoms with E-state index in [1.807, 2.05) is 24.3 Å². The topological polar surface area (TPSA) is 44.5 Å². The summed E-state index contributed by atoms with van der Waals surface area (Å²) in [6.45, 7) is 3.96. The molecule has 0 spiro atoms. The average Bonchev–Trinajstić information content (AvgIpc) is 2.64. The van der Waals surface area contributed by atoms with Gasteiger partial charge in [-0.05, 0) is 24.1 Å². The number of rotatable bonds is 3. The molecule has 0 bridgehead atoms. The quantitative estimate of drug-likeness (QED) is 0.743. The Kier molecular flexibility index (Phi) is 2.41. The number of ether oxygens (including phenoxy) is 2. The van der Waals surface area contributed by atoms with Gasteiger partial charge in [-0.1, -0.05) is 12.1 Å². The van der Waals surface area contributed by atoms with Crippen LogP contribution in [0.2, 0.25) is 0 Å². The summed E-state index contributed by atoms with van der Waals surface area (Å²) in [7, 11) is 0. The van der Waals surface area contributed by atoms with Crippen molar-refractivity contribution in [2.45, 2.75) is 12.5 Å². The number of nitrogens with two attached hydrogens (primary N) is 1. The van der Waals surface area contributed by atoms with Crippen molar-refractivity contribution in [3.63, 3.8) is 0 Å². The van der Waals surface area contributed by atoms with Crippen LogP contribution in [0.1, 0.15) is 18.0 Å². The van der Waals surface area contributed by atoms with Crippen LogP contribution < -0.4 is 15.2 Å². The predicted molar refractivity (Wildman–Crippen MR) is 54.3 cm³/mol. The summed E-state index contributed by atoms with van der Waals surface area (Å²) >= 11 is 0. The van der Waals surface area contributed by atoms with E-state index in [9.17, 15) is 0 Å². The van der Waals surface area contributed by atoms with Gasteiger partial charge in [0.15, 0.2) is 11.5 Å². The number of hydrogen-bond donors (Lipinski definition) is 1. The second kappa shape index (κ2) is 3.72. The minimum Gasteiger partial charge on any atom is -0.454 e. The molecule has 0 saturated carbocycles. The van der Waals surface area contributed by atoms with Crippen LogP contribution in [0, 0.1) is 0 Å². The van der Waals surface area contributed by atoms with Gasteiger partial charge in [0, 0.05) is 6.04 Å². The van der Waals surface area contributed by atoms with E-state index in [0.29, 0.717) is 6.79 Å². The van der Waals surface area contributed by atoms with Gasteiger partial charge in [-0.2, -0.15) is 0 Å². The lowest BCUT2D eigenvalue weighted by molar-refractivity contribution is 0.174. The molecule has 0 saturated heterocycles. The van der Waals surface area contributed by atoms with Crippen molar-refractivity contribution in [2.75, 3.05) is 6.79 Å². The van der Waals surface area contributed by atoms with Crippen molar-refractivity contribution in [3.8, 4) is 11.5 Å². The average molecular weight is 191 g/mol. The van der Waals surface area contributed by atoms with Crippen molar-refractivity contribution in [1.82, 2.24) is 0 Å². The Morgan fingerprint density at radius 1 is 1.43 bits per heavy atom. The molecule has 1 unspecified atom stereocenters. The molecule has 0 fully saturated rings. The fraction of sp³-hybridized carbons (Fsp3) is 0.273. The molecule has 1 aliphatic heterocycles. The van der Waals surface area contributed by atoms with Crippen LogP contribution in [0.4, 0.5) is 0 Å². The third-order valence-corrected chi connectivity index (χ3v) is 2.25. The zero-order chi connectivity index (χ0) is 9.97. The Hall–Kier alpha value is -1.48. The molecule has 1 aliphatic rings. The highest BCUT2D eigenvalue weighted by atomic mass is 16.7. The smallest absolute Gasteiger partial charge is 0.231 e. The Bertz CT molecular complexity index is 349. The lowest BCUT2D eigenvalue weighted by Gasteiger charge is -2.09. The Balaban J connectivity index is 2.23. The summed E-state index contributed by atoms with van der Waals surface area (Å²) < 4.78 is 10.5. The Morgan fingerprint density at radius 2 is 2.21 bits per heavy atom. The SMILES string of the molecule is C=CCC(N)c1ccc2c(c1)OCO2. The fourth-order valence-corrected chi connectivity index (χ4v) is 1.46. The maximum absolute atomic E-state index is 5.93.